The largest absolute Gasteiger partial charge is 0.444 e. The minimum atomic E-state index is -0.898. The zero-order valence-corrected chi connectivity index (χ0v) is 29.8. The van der Waals surface area contributed by atoms with Gasteiger partial charge in [0.05, 0.1) is 0 Å². The predicted octanol–water partition coefficient (Wildman–Crippen LogP) is 5.18. The summed E-state index contributed by atoms with van der Waals surface area (Å²) in [6.45, 7) is 9.05. The third-order valence-corrected chi connectivity index (χ3v) is 8.71. The molecule has 3 aromatic rings. The third-order valence-electron chi connectivity index (χ3n) is 7.81. The molecule has 47 heavy (non-hydrogen) atoms. The van der Waals surface area contributed by atoms with Gasteiger partial charge in [0.15, 0.2) is 0 Å². The number of ether oxygens (including phenoxy) is 1. The summed E-state index contributed by atoms with van der Waals surface area (Å²) in [6, 6.07) is 16.1. The molecule has 0 aliphatic heterocycles. The van der Waals surface area contributed by atoms with Crippen molar-refractivity contribution in [3.8, 4) is 0 Å². The van der Waals surface area contributed by atoms with Gasteiger partial charge in [-0.05, 0) is 74.9 Å². The van der Waals surface area contributed by atoms with E-state index in [0.29, 0.717) is 12.8 Å². The Morgan fingerprint density at radius 1 is 0.851 bits per heavy atom. The number of benzene rings is 2. The van der Waals surface area contributed by atoms with Crippen molar-refractivity contribution in [2.75, 3.05) is 28.2 Å². The fraction of sp³-hybridized carbons (Fsp3) is 0.444. The summed E-state index contributed by atoms with van der Waals surface area (Å²) in [6.07, 6.45) is 3.49. The van der Waals surface area contributed by atoms with Crippen molar-refractivity contribution in [3.63, 3.8) is 0 Å². The van der Waals surface area contributed by atoms with E-state index in [1.165, 1.54) is 32.2 Å². The molecule has 0 unspecified atom stereocenters. The van der Waals surface area contributed by atoms with E-state index in [-0.39, 0.29) is 24.1 Å². The monoisotopic (exact) mass is 663 g/mol. The maximum atomic E-state index is 14.4. The Kier molecular flexibility index (Phi) is 12.7. The van der Waals surface area contributed by atoms with Crippen molar-refractivity contribution >= 4 is 45.9 Å². The Morgan fingerprint density at radius 2 is 1.51 bits per heavy atom. The molecular formula is C36H49N5O5S. The highest BCUT2D eigenvalue weighted by atomic mass is 32.1. The molecule has 0 aliphatic rings. The summed E-state index contributed by atoms with van der Waals surface area (Å²) in [7, 11) is 6.49. The zero-order valence-electron chi connectivity index (χ0n) is 29.0. The number of rotatable bonds is 13. The minimum absolute atomic E-state index is 0.248. The Morgan fingerprint density at radius 3 is 2.13 bits per heavy atom. The average Bonchev–Trinajstić information content (AvgIpc) is 3.52. The van der Waals surface area contributed by atoms with Gasteiger partial charge in [0.1, 0.15) is 17.7 Å². The summed E-state index contributed by atoms with van der Waals surface area (Å²) in [5, 5.41) is 8.24. The van der Waals surface area contributed by atoms with Gasteiger partial charge in [-0.25, -0.2) is 10.2 Å². The van der Waals surface area contributed by atoms with Gasteiger partial charge in [-0.1, -0.05) is 54.6 Å². The van der Waals surface area contributed by atoms with Gasteiger partial charge in [0.2, 0.25) is 11.8 Å². The van der Waals surface area contributed by atoms with Gasteiger partial charge >= 0.3 is 6.09 Å². The van der Waals surface area contributed by atoms with Crippen molar-refractivity contribution in [2.24, 2.45) is 0 Å². The molecule has 0 saturated carbocycles. The van der Waals surface area contributed by atoms with Crippen molar-refractivity contribution in [3.05, 3.63) is 82.6 Å². The molecule has 0 spiro atoms. The summed E-state index contributed by atoms with van der Waals surface area (Å²) in [5.41, 5.74) is 2.41. The van der Waals surface area contributed by atoms with Crippen molar-refractivity contribution in [1.82, 2.24) is 25.6 Å². The Hall–Kier alpha value is -4.22. The molecule has 1 heterocycles. The molecular weight excluding hydrogens is 614 g/mol. The van der Waals surface area contributed by atoms with Gasteiger partial charge in [-0.3, -0.25) is 19.4 Å². The van der Waals surface area contributed by atoms with Crippen molar-refractivity contribution < 1.29 is 23.9 Å². The van der Waals surface area contributed by atoms with Crippen molar-refractivity contribution in [1.29, 1.82) is 0 Å². The molecule has 0 radical (unpaired) electrons. The van der Waals surface area contributed by atoms with E-state index in [9.17, 15) is 19.2 Å². The van der Waals surface area contributed by atoms with Crippen LogP contribution in [-0.4, -0.2) is 90.0 Å². The van der Waals surface area contributed by atoms with Crippen LogP contribution in [-0.2, 0) is 32.0 Å². The summed E-state index contributed by atoms with van der Waals surface area (Å²) in [5.74, 6) is -0.998. The van der Waals surface area contributed by atoms with Crippen LogP contribution in [0.3, 0.4) is 0 Å². The second-order valence-corrected chi connectivity index (χ2v) is 14.4. The number of nitrogens with one attached hydrogen (secondary N) is 2. The number of amides is 4. The molecule has 11 heteroatoms. The first-order valence-corrected chi connectivity index (χ1v) is 16.6. The Bertz CT molecular complexity index is 1560. The van der Waals surface area contributed by atoms with Gasteiger partial charge in [-0.2, -0.15) is 0 Å². The molecule has 2 aromatic carbocycles. The van der Waals surface area contributed by atoms with Gasteiger partial charge < -0.3 is 19.9 Å². The van der Waals surface area contributed by atoms with Crippen LogP contribution in [0.1, 0.15) is 51.5 Å². The maximum Gasteiger partial charge on any atom is 0.408 e. The van der Waals surface area contributed by atoms with Crippen LogP contribution >= 0.6 is 11.3 Å². The van der Waals surface area contributed by atoms with Gasteiger partial charge in [0.25, 0.3) is 5.91 Å². The van der Waals surface area contributed by atoms with Gasteiger partial charge in [-0.15, -0.1) is 11.3 Å². The number of hydrazine groups is 1. The van der Waals surface area contributed by atoms with E-state index in [2.05, 4.69) is 10.7 Å². The SMILES string of the molecule is CNN(C)C(=O)[C@@H](Cc1cccs1)N(C)C(=O)[C@@H](Cc1ccc2ccccc2c1)N(C)C(=O)/C=C/CC(C)(C)NC(=O)OC(C)(C)C. The Balaban J connectivity index is 1.89. The lowest BCUT2D eigenvalue weighted by atomic mass is 9.98. The third kappa shape index (κ3) is 10.9. The van der Waals surface area contributed by atoms with Crippen LogP contribution in [0, 0.1) is 0 Å². The van der Waals surface area contributed by atoms with Crippen LogP contribution < -0.4 is 10.7 Å². The lowest BCUT2D eigenvalue weighted by Crippen LogP contribution is -2.57. The molecule has 2 atom stereocenters. The molecule has 254 valence electrons. The number of thiophene rings is 1. The molecule has 10 nitrogen and oxygen atoms in total. The van der Waals surface area contributed by atoms with E-state index in [0.717, 1.165) is 21.2 Å². The number of fused-ring (bicyclic) bond motifs is 1. The quantitative estimate of drug-likeness (QED) is 0.193. The smallest absolute Gasteiger partial charge is 0.408 e. The fourth-order valence-corrected chi connectivity index (χ4v) is 5.81. The summed E-state index contributed by atoms with van der Waals surface area (Å²) in [4.78, 5) is 57.6. The number of hydrogen-bond donors (Lipinski definition) is 2. The number of alkyl carbamates (subject to hydrolysis) is 1. The number of hydrogen-bond acceptors (Lipinski definition) is 7. The van der Waals surface area contributed by atoms with E-state index in [1.807, 2.05) is 73.8 Å². The van der Waals surface area contributed by atoms with Crippen molar-refractivity contribution in [2.45, 2.75) is 77.1 Å². The lowest BCUT2D eigenvalue weighted by molar-refractivity contribution is -0.149. The minimum Gasteiger partial charge on any atom is -0.444 e. The summed E-state index contributed by atoms with van der Waals surface area (Å²) >= 11 is 1.52. The fourth-order valence-electron chi connectivity index (χ4n) is 5.07. The average molecular weight is 664 g/mol. The first-order chi connectivity index (χ1) is 22.0. The zero-order chi connectivity index (χ0) is 34.9. The maximum absolute atomic E-state index is 14.4. The number of carbonyl (C=O) groups excluding carboxylic acids is 4. The molecule has 2 N–H and O–H groups in total. The normalized spacial score (nSPS) is 13.2. The molecule has 0 fully saturated rings. The van der Waals surface area contributed by atoms with Crippen LogP contribution in [0.5, 0.6) is 0 Å². The van der Waals surface area contributed by atoms with E-state index in [1.54, 1.807) is 55.0 Å². The number of nitrogens with zero attached hydrogens (tertiary/aromatic N) is 3. The Labute approximate surface area is 282 Å². The first kappa shape index (κ1) is 37.2. The van der Waals surface area contributed by atoms with Gasteiger partial charge in [0, 0.05) is 51.4 Å². The predicted molar refractivity (Wildman–Crippen MR) is 188 cm³/mol. The second-order valence-electron chi connectivity index (χ2n) is 13.3. The van der Waals surface area contributed by atoms with Crippen LogP contribution in [0.25, 0.3) is 10.8 Å². The number of likely N-dealkylation sites (N-methyl/N-ethyl adjacent to an activating group) is 3. The van der Waals surface area contributed by atoms with E-state index >= 15 is 0 Å². The first-order valence-electron chi connectivity index (χ1n) is 15.7. The lowest BCUT2D eigenvalue weighted by Gasteiger charge is -2.35. The van der Waals surface area contributed by atoms with Crippen LogP contribution in [0.4, 0.5) is 4.79 Å². The summed E-state index contributed by atoms with van der Waals surface area (Å²) < 4.78 is 5.37. The highest BCUT2D eigenvalue weighted by Gasteiger charge is 2.36. The molecule has 3 rings (SSSR count). The molecule has 0 saturated heterocycles. The van der Waals surface area contributed by atoms with Crippen LogP contribution in [0.2, 0.25) is 0 Å². The number of carbonyl (C=O) groups is 4. The highest BCUT2D eigenvalue weighted by molar-refractivity contribution is 7.09. The standard InChI is InChI=1S/C36H49N5O5S/c1-35(2,3)46-34(45)38-36(4,5)20-12-17-31(42)39(7)29(23-25-18-19-26-14-10-11-15-27(26)22-25)32(43)40(8)30(33(44)41(9)37-6)24-28-16-13-21-47-28/h10-19,21-22,29-30,37H,20,23-24H2,1-9H3,(H,38,45)/b17-12+/t29-,30-/m1/s1. The molecule has 0 bridgehead atoms. The van der Waals surface area contributed by atoms with E-state index in [4.69, 9.17) is 4.74 Å². The highest BCUT2D eigenvalue weighted by Crippen LogP contribution is 2.21. The molecule has 4 amide bonds. The van der Waals surface area contributed by atoms with Crippen LogP contribution in [0.15, 0.2) is 72.1 Å². The second kappa shape index (κ2) is 16.1. The molecule has 0 aliphatic carbocycles. The van der Waals surface area contributed by atoms with E-state index < -0.39 is 29.3 Å². The topological polar surface area (TPSA) is 111 Å². The molecule has 1 aromatic heterocycles.